The molecule has 1 amide bonds. The highest BCUT2D eigenvalue weighted by Gasteiger charge is 2.32. The zero-order chi connectivity index (χ0) is 18.8. The molecule has 0 unspecified atom stereocenters. The average molecular weight is 373 g/mol. The van der Waals surface area contributed by atoms with Gasteiger partial charge in [0.15, 0.2) is 0 Å². The second-order valence-electron chi connectivity index (χ2n) is 7.29. The molecule has 9 nitrogen and oxygen atoms in total. The van der Waals surface area contributed by atoms with Gasteiger partial charge in [-0.2, -0.15) is 13.5 Å². The van der Waals surface area contributed by atoms with Gasteiger partial charge >= 0.3 is 16.3 Å². The highest BCUT2D eigenvalue weighted by atomic mass is 32.2. The zero-order valence-electron chi connectivity index (χ0n) is 15.4. The number of likely N-dealkylation sites (tertiary alicyclic amines) is 1. The van der Waals surface area contributed by atoms with Crippen LogP contribution in [0.2, 0.25) is 0 Å². The van der Waals surface area contributed by atoms with E-state index in [0.29, 0.717) is 5.69 Å². The largest absolute Gasteiger partial charge is 0.443 e. The Morgan fingerprint density at radius 1 is 1.44 bits per heavy atom. The fourth-order valence-electron chi connectivity index (χ4n) is 2.74. The molecule has 0 aromatic carbocycles. The van der Waals surface area contributed by atoms with Gasteiger partial charge in [0.25, 0.3) is 0 Å². The van der Waals surface area contributed by atoms with Crippen molar-refractivity contribution in [3.05, 3.63) is 12.4 Å². The molecule has 1 aromatic heterocycles. The van der Waals surface area contributed by atoms with Crippen molar-refractivity contribution in [2.24, 2.45) is 7.05 Å². The molecule has 142 valence electrons. The maximum atomic E-state index is 12.8. The summed E-state index contributed by atoms with van der Waals surface area (Å²) >= 11 is 0. The summed E-state index contributed by atoms with van der Waals surface area (Å²) in [5.74, 6) is 0. The minimum Gasteiger partial charge on any atom is -0.443 e. The zero-order valence-corrected chi connectivity index (χ0v) is 16.2. The average Bonchev–Trinajstić information content (AvgIpc) is 3.01. The minimum absolute atomic E-state index is 0.0791. The van der Waals surface area contributed by atoms with Crippen LogP contribution in [-0.4, -0.2) is 61.0 Å². The van der Waals surface area contributed by atoms with Crippen LogP contribution >= 0.6 is 0 Å². The van der Waals surface area contributed by atoms with Crippen LogP contribution in [-0.2, 0) is 22.0 Å². The van der Waals surface area contributed by atoms with E-state index in [1.54, 1.807) is 34.0 Å². The molecule has 0 aliphatic carbocycles. The summed E-state index contributed by atoms with van der Waals surface area (Å²) in [5.41, 5.74) is -0.386. The molecule has 1 atom stereocenters. The predicted octanol–water partition coefficient (Wildman–Crippen LogP) is 1.09. The first-order chi connectivity index (χ1) is 11.5. The monoisotopic (exact) mass is 373 g/mol. The molecule has 0 bridgehead atoms. The van der Waals surface area contributed by atoms with Crippen molar-refractivity contribution in [1.82, 2.24) is 19.4 Å². The summed E-state index contributed by atoms with van der Waals surface area (Å²) in [7, 11) is -0.445. The quantitative estimate of drug-likeness (QED) is 0.830. The topological polar surface area (TPSA) is 96.8 Å². The Kier molecular flexibility index (Phi) is 5.62. The summed E-state index contributed by atoms with van der Waals surface area (Å²) in [5, 5.41) is 4.04. The van der Waals surface area contributed by atoms with Gasteiger partial charge in [0.1, 0.15) is 5.60 Å². The van der Waals surface area contributed by atoms with E-state index in [2.05, 4.69) is 10.00 Å². The summed E-state index contributed by atoms with van der Waals surface area (Å²) < 4.78 is 35.3. The summed E-state index contributed by atoms with van der Waals surface area (Å²) in [6.45, 7) is 6.17. The molecule has 1 N–H and O–H groups in total. The molecule has 1 fully saturated rings. The Balaban J connectivity index is 2.22. The van der Waals surface area contributed by atoms with E-state index in [-0.39, 0.29) is 12.6 Å². The van der Waals surface area contributed by atoms with Gasteiger partial charge < -0.3 is 9.64 Å². The van der Waals surface area contributed by atoms with Gasteiger partial charge in [-0.25, -0.2) is 13.8 Å². The smallest absolute Gasteiger partial charge is 0.422 e. The van der Waals surface area contributed by atoms with Gasteiger partial charge in [-0.05, 0) is 47.2 Å². The number of nitrogens with zero attached hydrogens (tertiary/aromatic N) is 4. The molecule has 2 heterocycles. The number of hydrogen-bond acceptors (Lipinski definition) is 6. The minimum atomic E-state index is -4.12. The number of nitrogens with one attached hydrogen (secondary N) is 1. The lowest BCUT2D eigenvalue weighted by atomic mass is 10.2. The van der Waals surface area contributed by atoms with Crippen LogP contribution in [0.3, 0.4) is 0 Å². The summed E-state index contributed by atoms with van der Waals surface area (Å²) in [6.07, 6.45) is 3.98. The lowest BCUT2D eigenvalue weighted by Gasteiger charge is -2.29. The van der Waals surface area contributed by atoms with Crippen LogP contribution in [0, 0.1) is 0 Å². The van der Waals surface area contributed by atoms with Gasteiger partial charge in [0.2, 0.25) is 0 Å². The molecule has 1 saturated heterocycles. The Hall–Kier alpha value is -1.81. The van der Waals surface area contributed by atoms with Gasteiger partial charge in [-0.1, -0.05) is 0 Å². The first-order valence-electron chi connectivity index (χ1n) is 8.20. The molecular formula is C15H27N5O4S. The molecule has 1 aliphatic rings. The highest BCUT2D eigenvalue weighted by molar-refractivity contribution is 7.91. The number of carbonyl (C=O) groups excluding carboxylic acids is 1. The number of likely N-dealkylation sites (N-methyl/N-ethyl adjacent to an activating group) is 1. The first-order valence-corrected chi connectivity index (χ1v) is 9.64. The molecule has 10 heteroatoms. The molecule has 1 aliphatic heterocycles. The van der Waals surface area contributed by atoms with Crippen LogP contribution in [0.25, 0.3) is 0 Å². The van der Waals surface area contributed by atoms with Crippen LogP contribution < -0.4 is 9.03 Å². The lowest BCUT2D eigenvalue weighted by Crippen LogP contribution is -2.49. The van der Waals surface area contributed by atoms with E-state index in [0.717, 1.165) is 19.4 Å². The third-order valence-electron chi connectivity index (χ3n) is 3.93. The third-order valence-corrected chi connectivity index (χ3v) is 5.29. The second kappa shape index (κ2) is 7.20. The molecule has 25 heavy (non-hydrogen) atoms. The van der Waals surface area contributed by atoms with E-state index in [1.165, 1.54) is 15.2 Å². The van der Waals surface area contributed by atoms with Crippen molar-refractivity contribution in [1.29, 1.82) is 0 Å². The number of anilines is 1. The van der Waals surface area contributed by atoms with E-state index < -0.39 is 21.9 Å². The standard InChI is InChI=1S/C15H27N5O4S/c1-15(2,3)24-14(21)17-25(22,23)20(13-9-16-19(5)10-13)11-12-7-6-8-18(12)4/h9-10,12H,6-8,11H2,1-5H3,(H,17,21)/t12-/m1/s1. The van der Waals surface area contributed by atoms with E-state index in [1.807, 2.05) is 11.8 Å². The first kappa shape index (κ1) is 19.5. The number of hydrogen-bond donors (Lipinski definition) is 1. The van der Waals surface area contributed by atoms with Crippen molar-refractivity contribution in [2.75, 3.05) is 24.4 Å². The van der Waals surface area contributed by atoms with Crippen molar-refractivity contribution in [3.8, 4) is 0 Å². The second-order valence-corrected chi connectivity index (χ2v) is 8.88. The summed E-state index contributed by atoms with van der Waals surface area (Å²) in [4.78, 5) is 14.1. The van der Waals surface area contributed by atoms with Crippen molar-refractivity contribution < 1.29 is 17.9 Å². The third kappa shape index (κ3) is 5.33. The van der Waals surface area contributed by atoms with E-state index >= 15 is 0 Å². The van der Waals surface area contributed by atoms with Gasteiger partial charge in [-0.3, -0.25) is 4.68 Å². The number of carbonyl (C=O) groups is 1. The molecule has 0 saturated carbocycles. The van der Waals surface area contributed by atoms with Crippen LogP contribution in [0.15, 0.2) is 12.4 Å². The highest BCUT2D eigenvalue weighted by Crippen LogP contribution is 2.22. The van der Waals surface area contributed by atoms with Crippen molar-refractivity contribution >= 4 is 22.0 Å². The van der Waals surface area contributed by atoms with E-state index in [9.17, 15) is 13.2 Å². The maximum absolute atomic E-state index is 12.8. The molecule has 1 aromatic rings. The van der Waals surface area contributed by atoms with E-state index in [4.69, 9.17) is 4.74 Å². The fourth-order valence-corrected chi connectivity index (χ4v) is 3.84. The number of aryl methyl sites for hydroxylation is 1. The molecule has 0 radical (unpaired) electrons. The Morgan fingerprint density at radius 2 is 2.12 bits per heavy atom. The lowest BCUT2D eigenvalue weighted by molar-refractivity contribution is 0.0570. The van der Waals surface area contributed by atoms with Gasteiger partial charge in [0, 0.05) is 19.3 Å². The number of amides is 1. The molecule has 2 rings (SSSR count). The Morgan fingerprint density at radius 3 is 2.60 bits per heavy atom. The maximum Gasteiger partial charge on any atom is 0.422 e. The van der Waals surface area contributed by atoms with Gasteiger partial charge in [0.05, 0.1) is 18.4 Å². The fraction of sp³-hybridized carbons (Fsp3) is 0.733. The van der Waals surface area contributed by atoms with Crippen LogP contribution in [0.1, 0.15) is 33.6 Å². The predicted molar refractivity (Wildman–Crippen MR) is 94.5 cm³/mol. The van der Waals surface area contributed by atoms with Crippen molar-refractivity contribution in [2.45, 2.75) is 45.3 Å². The van der Waals surface area contributed by atoms with Gasteiger partial charge in [-0.15, -0.1) is 0 Å². The Bertz CT molecular complexity index is 710. The van der Waals surface area contributed by atoms with Crippen LogP contribution in [0.5, 0.6) is 0 Å². The normalized spacial score (nSPS) is 19.0. The number of aromatic nitrogens is 2. The Labute approximate surface area is 149 Å². The number of rotatable bonds is 5. The van der Waals surface area contributed by atoms with Crippen LogP contribution in [0.4, 0.5) is 10.5 Å². The molecular weight excluding hydrogens is 346 g/mol. The summed E-state index contributed by atoms with van der Waals surface area (Å²) in [6, 6.07) is 0.0791. The molecule has 0 spiro atoms. The SMILES string of the molecule is CN1CCC[C@@H]1CN(c1cnn(C)c1)S(=O)(=O)NC(=O)OC(C)(C)C. The number of ether oxygens (including phenoxy) is 1. The van der Waals surface area contributed by atoms with Crippen molar-refractivity contribution in [3.63, 3.8) is 0 Å².